The zero-order valence-electron chi connectivity index (χ0n) is 10.5. The molecule has 0 fully saturated rings. The minimum Gasteiger partial charge on any atom is -0.326 e. The maximum absolute atomic E-state index is 12.1. The number of nitrogens with zero attached hydrogens (tertiary/aromatic N) is 1. The van der Waals surface area contributed by atoms with Crippen LogP contribution in [0.25, 0.3) is 5.57 Å². The van der Waals surface area contributed by atoms with Gasteiger partial charge in [-0.15, -0.1) is 0 Å². The first kappa shape index (κ1) is 11.8. The molecule has 3 heteroatoms. The van der Waals surface area contributed by atoms with Crippen molar-refractivity contribution in [3.8, 4) is 0 Å². The van der Waals surface area contributed by atoms with Crippen LogP contribution in [0.2, 0.25) is 0 Å². The van der Waals surface area contributed by atoms with Gasteiger partial charge in [-0.3, -0.25) is 9.78 Å². The summed E-state index contributed by atoms with van der Waals surface area (Å²) in [5, 5.41) is 0. The Kier molecular flexibility index (Phi) is 2.97. The van der Waals surface area contributed by atoms with Crippen LogP contribution in [-0.4, -0.2) is 10.8 Å². The molecule has 2 aromatic rings. The molecule has 1 aliphatic carbocycles. The minimum atomic E-state index is 0.0345. The molecule has 0 unspecified atom stereocenters. The number of hydrogen-bond acceptors (Lipinski definition) is 3. The Hall–Kier alpha value is -2.26. The van der Waals surface area contributed by atoms with Gasteiger partial charge in [-0.05, 0) is 34.9 Å². The van der Waals surface area contributed by atoms with Crippen LogP contribution >= 0.6 is 0 Å². The fourth-order valence-electron chi connectivity index (χ4n) is 2.31. The van der Waals surface area contributed by atoms with Crippen molar-refractivity contribution in [3.63, 3.8) is 0 Å². The van der Waals surface area contributed by atoms with Crippen LogP contribution in [0.4, 0.5) is 0 Å². The standard InChI is InChI=1S/C16H14N2O/c17-10-11-3-5-12(6-4-11)13-8-15-14(16(19)9-13)2-1-7-18-15/h1-7,9H,8,10,17H2. The van der Waals surface area contributed by atoms with Gasteiger partial charge in [0.2, 0.25) is 0 Å². The topological polar surface area (TPSA) is 56.0 Å². The third-order valence-corrected chi connectivity index (χ3v) is 3.38. The van der Waals surface area contributed by atoms with E-state index in [1.165, 1.54) is 0 Å². The van der Waals surface area contributed by atoms with E-state index >= 15 is 0 Å². The number of carbonyl (C=O) groups excluding carboxylic acids is 1. The molecule has 0 radical (unpaired) electrons. The predicted octanol–water partition coefficient (Wildman–Crippen LogP) is 2.36. The number of pyridine rings is 1. The van der Waals surface area contributed by atoms with Crippen LogP contribution in [0.1, 0.15) is 27.2 Å². The van der Waals surface area contributed by atoms with Gasteiger partial charge in [0, 0.05) is 24.7 Å². The highest BCUT2D eigenvalue weighted by atomic mass is 16.1. The van der Waals surface area contributed by atoms with Crippen LogP contribution in [0.3, 0.4) is 0 Å². The molecule has 3 nitrogen and oxygen atoms in total. The number of benzene rings is 1. The van der Waals surface area contributed by atoms with Gasteiger partial charge < -0.3 is 5.73 Å². The molecule has 0 saturated carbocycles. The molecule has 0 amide bonds. The summed E-state index contributed by atoms with van der Waals surface area (Å²) in [7, 11) is 0. The molecular weight excluding hydrogens is 236 g/mol. The molecule has 1 aromatic heterocycles. The summed E-state index contributed by atoms with van der Waals surface area (Å²) in [5.41, 5.74) is 10.3. The van der Waals surface area contributed by atoms with Gasteiger partial charge in [-0.2, -0.15) is 0 Å². The normalized spacial score (nSPS) is 13.9. The van der Waals surface area contributed by atoms with E-state index in [1.807, 2.05) is 30.3 Å². The van der Waals surface area contributed by atoms with Crippen LogP contribution < -0.4 is 5.73 Å². The molecule has 1 aliphatic rings. The maximum Gasteiger partial charge on any atom is 0.187 e. The van der Waals surface area contributed by atoms with Crippen molar-refractivity contribution in [1.29, 1.82) is 0 Å². The molecule has 1 aromatic carbocycles. The molecule has 94 valence electrons. The summed E-state index contributed by atoms with van der Waals surface area (Å²) in [4.78, 5) is 16.4. The number of nitrogens with two attached hydrogens (primary N) is 1. The van der Waals surface area contributed by atoms with E-state index in [0.717, 1.165) is 22.4 Å². The molecule has 3 rings (SSSR count). The Labute approximate surface area is 111 Å². The Morgan fingerprint density at radius 1 is 1.16 bits per heavy atom. The Bertz CT molecular complexity index is 657. The third-order valence-electron chi connectivity index (χ3n) is 3.38. The van der Waals surface area contributed by atoms with Gasteiger partial charge in [0.15, 0.2) is 5.78 Å². The number of aromatic nitrogens is 1. The number of ketones is 1. The van der Waals surface area contributed by atoms with Crippen molar-refractivity contribution in [2.24, 2.45) is 5.73 Å². The summed E-state index contributed by atoms with van der Waals surface area (Å²) < 4.78 is 0. The van der Waals surface area contributed by atoms with Crippen LogP contribution in [0, 0.1) is 0 Å². The van der Waals surface area contributed by atoms with E-state index in [-0.39, 0.29) is 5.78 Å². The van der Waals surface area contributed by atoms with Gasteiger partial charge in [-0.25, -0.2) is 0 Å². The monoisotopic (exact) mass is 250 g/mol. The number of hydrogen-bond donors (Lipinski definition) is 1. The van der Waals surface area contributed by atoms with E-state index in [2.05, 4.69) is 4.98 Å². The zero-order valence-corrected chi connectivity index (χ0v) is 10.5. The number of carbonyl (C=O) groups is 1. The molecule has 0 saturated heterocycles. The second kappa shape index (κ2) is 4.78. The zero-order chi connectivity index (χ0) is 13.2. The molecular formula is C16H14N2O. The largest absolute Gasteiger partial charge is 0.326 e. The van der Waals surface area contributed by atoms with Gasteiger partial charge in [0.25, 0.3) is 0 Å². The van der Waals surface area contributed by atoms with Gasteiger partial charge in [0.1, 0.15) is 0 Å². The molecule has 0 spiro atoms. The van der Waals surface area contributed by atoms with E-state index in [0.29, 0.717) is 18.5 Å². The highest BCUT2D eigenvalue weighted by Crippen LogP contribution is 2.26. The second-order valence-electron chi connectivity index (χ2n) is 4.61. The lowest BCUT2D eigenvalue weighted by Crippen LogP contribution is -2.11. The molecule has 0 atom stereocenters. The van der Waals surface area contributed by atoms with E-state index in [9.17, 15) is 4.79 Å². The van der Waals surface area contributed by atoms with E-state index < -0.39 is 0 Å². The Morgan fingerprint density at radius 2 is 1.95 bits per heavy atom. The summed E-state index contributed by atoms with van der Waals surface area (Å²) in [5.74, 6) is 0.0345. The van der Waals surface area contributed by atoms with Gasteiger partial charge >= 0.3 is 0 Å². The minimum absolute atomic E-state index is 0.0345. The summed E-state index contributed by atoms with van der Waals surface area (Å²) in [6.45, 7) is 0.530. The molecule has 19 heavy (non-hydrogen) atoms. The number of allylic oxidation sites excluding steroid dienone is 2. The van der Waals surface area contributed by atoms with Crippen molar-refractivity contribution < 1.29 is 4.79 Å². The maximum atomic E-state index is 12.1. The van der Waals surface area contributed by atoms with Crippen LogP contribution in [0.15, 0.2) is 48.7 Å². The first-order valence-corrected chi connectivity index (χ1v) is 6.26. The number of rotatable bonds is 2. The first-order chi connectivity index (χ1) is 9.28. The lowest BCUT2D eigenvalue weighted by atomic mass is 9.90. The molecule has 0 bridgehead atoms. The van der Waals surface area contributed by atoms with Gasteiger partial charge in [0.05, 0.1) is 5.69 Å². The number of fused-ring (bicyclic) bond motifs is 1. The Balaban J connectivity index is 1.97. The highest BCUT2D eigenvalue weighted by molar-refractivity contribution is 6.11. The van der Waals surface area contributed by atoms with Crippen LogP contribution in [0.5, 0.6) is 0 Å². The lowest BCUT2D eigenvalue weighted by Gasteiger charge is -2.15. The summed E-state index contributed by atoms with van der Waals surface area (Å²) in [6.07, 6.45) is 4.14. The smallest absolute Gasteiger partial charge is 0.187 e. The van der Waals surface area contributed by atoms with Gasteiger partial charge in [-0.1, -0.05) is 24.3 Å². The molecule has 2 N–H and O–H groups in total. The van der Waals surface area contributed by atoms with E-state index in [1.54, 1.807) is 18.3 Å². The van der Waals surface area contributed by atoms with Crippen molar-refractivity contribution in [1.82, 2.24) is 4.98 Å². The average molecular weight is 250 g/mol. The molecule has 0 aliphatic heterocycles. The summed E-state index contributed by atoms with van der Waals surface area (Å²) >= 11 is 0. The van der Waals surface area contributed by atoms with Crippen molar-refractivity contribution in [2.75, 3.05) is 0 Å². The predicted molar refractivity (Wildman–Crippen MR) is 74.6 cm³/mol. The highest BCUT2D eigenvalue weighted by Gasteiger charge is 2.19. The Morgan fingerprint density at radius 3 is 2.68 bits per heavy atom. The third kappa shape index (κ3) is 2.20. The van der Waals surface area contributed by atoms with Crippen molar-refractivity contribution in [3.05, 3.63) is 71.1 Å². The lowest BCUT2D eigenvalue weighted by molar-refractivity contribution is 0.104. The molecule has 1 heterocycles. The second-order valence-corrected chi connectivity index (χ2v) is 4.61. The van der Waals surface area contributed by atoms with Crippen molar-refractivity contribution in [2.45, 2.75) is 13.0 Å². The van der Waals surface area contributed by atoms with Crippen LogP contribution in [-0.2, 0) is 13.0 Å². The quantitative estimate of drug-likeness (QED) is 0.890. The van der Waals surface area contributed by atoms with E-state index in [4.69, 9.17) is 5.73 Å². The summed E-state index contributed by atoms with van der Waals surface area (Å²) in [6, 6.07) is 11.6. The fraction of sp³-hybridized carbons (Fsp3) is 0.125. The average Bonchev–Trinajstić information content (AvgIpc) is 2.47. The first-order valence-electron chi connectivity index (χ1n) is 6.26. The van der Waals surface area contributed by atoms with Crippen molar-refractivity contribution >= 4 is 11.4 Å². The fourth-order valence-corrected chi connectivity index (χ4v) is 2.31. The SMILES string of the molecule is NCc1ccc(C2=CC(=O)c3cccnc3C2)cc1.